The molecule has 3 heterocycles. The molecule has 0 atom stereocenters. The number of nitrogens with zero attached hydrogens (tertiary/aromatic N) is 3. The van der Waals surface area contributed by atoms with Crippen LogP contribution in [0.15, 0.2) is 35.4 Å². The normalized spacial score (nSPS) is 10.2. The molecule has 3 aromatic heterocycles. The van der Waals surface area contributed by atoms with Gasteiger partial charge in [-0.1, -0.05) is 33.4 Å². The van der Waals surface area contributed by atoms with Crippen molar-refractivity contribution in [3.63, 3.8) is 0 Å². The summed E-state index contributed by atoms with van der Waals surface area (Å²) in [4.78, 5) is 29.2. The lowest BCUT2D eigenvalue weighted by molar-refractivity contribution is 0.412. The highest BCUT2D eigenvalue weighted by molar-refractivity contribution is 7.25. The van der Waals surface area contributed by atoms with Crippen LogP contribution in [0.1, 0.15) is 26.8 Å². The molecule has 0 radical (unpaired) electrons. The van der Waals surface area contributed by atoms with E-state index in [-0.39, 0.29) is 13.0 Å². The Balaban J connectivity index is 0.000000784. The summed E-state index contributed by atoms with van der Waals surface area (Å²) in [5.41, 5.74) is 2.80. The average molecular weight is 370 g/mol. The number of hydrogen-bond acceptors (Lipinski definition) is 6. The maximum atomic E-state index is 12.4. The molecule has 0 amide bonds. The van der Waals surface area contributed by atoms with E-state index in [1.165, 1.54) is 11.3 Å². The Morgan fingerprint density at radius 1 is 1.12 bits per heavy atom. The predicted octanol–water partition coefficient (Wildman–Crippen LogP) is 4.57. The fourth-order valence-corrected chi connectivity index (χ4v) is 3.53. The van der Waals surface area contributed by atoms with E-state index in [2.05, 4.69) is 19.9 Å². The molecule has 0 aliphatic rings. The largest absolute Gasteiger partial charge is 0.496 e. The van der Waals surface area contributed by atoms with E-state index >= 15 is 0 Å². The molecule has 0 spiro atoms. The van der Waals surface area contributed by atoms with Gasteiger partial charge in [-0.2, -0.15) is 0 Å². The molecule has 1 N–H and O–H groups in total. The second kappa shape index (κ2) is 8.05. The minimum absolute atomic E-state index is 0. The van der Waals surface area contributed by atoms with Gasteiger partial charge in [0, 0.05) is 23.5 Å². The van der Waals surface area contributed by atoms with Crippen molar-refractivity contribution in [2.75, 3.05) is 7.11 Å². The Kier molecular flexibility index (Phi) is 6.05. The third-order valence-corrected chi connectivity index (χ3v) is 4.80. The van der Waals surface area contributed by atoms with E-state index < -0.39 is 0 Å². The summed E-state index contributed by atoms with van der Waals surface area (Å²) in [6.07, 6.45) is 3.22. The average Bonchev–Trinajstić information content (AvgIpc) is 3.03. The molecule has 0 saturated heterocycles. The monoisotopic (exact) mass is 370 g/mol. The van der Waals surface area contributed by atoms with Gasteiger partial charge in [-0.3, -0.25) is 4.79 Å². The molecule has 0 saturated carbocycles. The van der Waals surface area contributed by atoms with Crippen molar-refractivity contribution in [3.05, 3.63) is 46.5 Å². The number of rotatable bonds is 2. The van der Waals surface area contributed by atoms with Crippen LogP contribution in [0.25, 0.3) is 32.0 Å². The van der Waals surface area contributed by atoms with Crippen LogP contribution < -0.4 is 10.3 Å². The molecule has 26 heavy (non-hydrogen) atoms. The van der Waals surface area contributed by atoms with Gasteiger partial charge in [0.15, 0.2) is 0 Å². The zero-order chi connectivity index (χ0) is 18.0. The second-order valence-electron chi connectivity index (χ2n) is 5.04. The number of nitrogens with one attached hydrogen (secondary N) is 1. The third-order valence-electron chi connectivity index (χ3n) is 3.72. The van der Waals surface area contributed by atoms with Gasteiger partial charge in [0.25, 0.3) is 5.56 Å². The van der Waals surface area contributed by atoms with E-state index in [9.17, 15) is 4.79 Å². The fraction of sp³-hybridized carbons (Fsp3) is 0.263. The van der Waals surface area contributed by atoms with Gasteiger partial charge in [-0.25, -0.2) is 15.0 Å². The molecule has 0 aliphatic carbocycles. The first-order chi connectivity index (χ1) is 12.2. The Morgan fingerprint density at radius 3 is 2.58 bits per heavy atom. The first-order valence-electron chi connectivity index (χ1n) is 7.96. The van der Waals surface area contributed by atoms with E-state index in [0.29, 0.717) is 26.4 Å². The number of hydrogen-bond donors (Lipinski definition) is 1. The fourth-order valence-electron chi connectivity index (χ4n) is 2.60. The SMILES string of the molecule is C.CC.COc1cccc(-c2nc3c(sc4nccnc43)c(=O)[nH]2)c1C. The van der Waals surface area contributed by atoms with Crippen LogP contribution in [0.2, 0.25) is 0 Å². The number of methoxy groups -OCH3 is 1. The quantitative estimate of drug-likeness (QED) is 0.559. The maximum Gasteiger partial charge on any atom is 0.269 e. The van der Waals surface area contributed by atoms with E-state index in [4.69, 9.17) is 4.74 Å². The van der Waals surface area contributed by atoms with Crippen molar-refractivity contribution >= 4 is 31.9 Å². The summed E-state index contributed by atoms with van der Waals surface area (Å²) in [5.74, 6) is 1.25. The third kappa shape index (κ3) is 3.17. The van der Waals surface area contributed by atoms with Crippen molar-refractivity contribution in [3.8, 4) is 17.1 Å². The zero-order valence-corrected chi connectivity index (χ0v) is 15.3. The summed E-state index contributed by atoms with van der Waals surface area (Å²) < 4.78 is 5.88. The van der Waals surface area contributed by atoms with E-state index in [1.807, 2.05) is 39.0 Å². The highest BCUT2D eigenvalue weighted by Gasteiger charge is 2.15. The lowest BCUT2D eigenvalue weighted by Gasteiger charge is -2.09. The molecule has 136 valence electrons. The molecule has 4 aromatic rings. The Morgan fingerprint density at radius 2 is 1.85 bits per heavy atom. The zero-order valence-electron chi connectivity index (χ0n) is 14.5. The van der Waals surface area contributed by atoms with Crippen molar-refractivity contribution in [1.29, 1.82) is 0 Å². The Labute approximate surface area is 155 Å². The van der Waals surface area contributed by atoms with Gasteiger partial charge in [0.1, 0.15) is 32.1 Å². The predicted molar refractivity (Wildman–Crippen MR) is 108 cm³/mol. The Hall–Kier alpha value is -2.80. The molecule has 0 bridgehead atoms. The molecule has 4 rings (SSSR count). The van der Waals surface area contributed by atoms with Gasteiger partial charge >= 0.3 is 0 Å². The highest BCUT2D eigenvalue weighted by atomic mass is 32.1. The summed E-state index contributed by atoms with van der Waals surface area (Å²) in [7, 11) is 1.62. The van der Waals surface area contributed by atoms with Crippen molar-refractivity contribution < 1.29 is 4.74 Å². The van der Waals surface area contributed by atoms with Crippen molar-refractivity contribution in [2.45, 2.75) is 28.2 Å². The minimum atomic E-state index is -0.183. The van der Waals surface area contributed by atoms with Crippen LogP contribution in [0, 0.1) is 6.92 Å². The van der Waals surface area contributed by atoms with Crippen LogP contribution in [0.3, 0.4) is 0 Å². The maximum absolute atomic E-state index is 12.4. The number of fused-ring (bicyclic) bond motifs is 3. The number of ether oxygens (including phenoxy) is 1. The standard InChI is InChI=1S/C16H12N4O2S.C2H6.CH4/c1-8-9(4-3-5-10(8)22-2)14-19-11-12-16(18-7-6-17-12)23-13(11)15(21)20-14;1-2;/h3-7H,1-2H3,(H,19,20,21);1-2H3;1H4. The molecule has 0 fully saturated rings. The number of aromatic amines is 1. The van der Waals surface area contributed by atoms with E-state index in [1.54, 1.807) is 19.5 Å². The van der Waals surface area contributed by atoms with Crippen LogP contribution in [0.4, 0.5) is 0 Å². The molecular weight excluding hydrogens is 348 g/mol. The smallest absolute Gasteiger partial charge is 0.269 e. The van der Waals surface area contributed by atoms with Crippen molar-refractivity contribution in [2.24, 2.45) is 0 Å². The first-order valence-corrected chi connectivity index (χ1v) is 8.78. The summed E-state index contributed by atoms with van der Waals surface area (Å²) >= 11 is 1.30. The van der Waals surface area contributed by atoms with Gasteiger partial charge in [0.2, 0.25) is 0 Å². The second-order valence-corrected chi connectivity index (χ2v) is 6.04. The summed E-state index contributed by atoms with van der Waals surface area (Å²) in [6, 6.07) is 5.65. The highest BCUT2D eigenvalue weighted by Crippen LogP contribution is 2.31. The first kappa shape index (κ1) is 19.5. The summed E-state index contributed by atoms with van der Waals surface area (Å²) in [6.45, 7) is 5.93. The minimum Gasteiger partial charge on any atom is -0.496 e. The van der Waals surface area contributed by atoms with Gasteiger partial charge < -0.3 is 9.72 Å². The Bertz CT molecular complexity index is 1100. The van der Waals surface area contributed by atoms with Crippen LogP contribution in [-0.2, 0) is 0 Å². The molecule has 6 nitrogen and oxygen atoms in total. The molecule has 7 heteroatoms. The van der Waals surface area contributed by atoms with Crippen LogP contribution in [0.5, 0.6) is 5.75 Å². The molecule has 0 aliphatic heterocycles. The number of H-pyrrole nitrogens is 1. The van der Waals surface area contributed by atoms with Gasteiger partial charge in [-0.15, -0.1) is 11.3 Å². The lowest BCUT2D eigenvalue weighted by atomic mass is 10.1. The van der Waals surface area contributed by atoms with Crippen LogP contribution >= 0.6 is 11.3 Å². The molecular formula is C19H22N4O2S. The number of aromatic nitrogens is 4. The summed E-state index contributed by atoms with van der Waals surface area (Å²) in [5, 5.41) is 0. The number of thiophene rings is 1. The number of benzene rings is 1. The topological polar surface area (TPSA) is 80.8 Å². The molecule has 1 aromatic carbocycles. The van der Waals surface area contributed by atoms with E-state index in [0.717, 1.165) is 16.9 Å². The van der Waals surface area contributed by atoms with Gasteiger partial charge in [-0.05, 0) is 13.0 Å². The van der Waals surface area contributed by atoms with Crippen molar-refractivity contribution in [1.82, 2.24) is 19.9 Å². The van der Waals surface area contributed by atoms with Gasteiger partial charge in [0.05, 0.1) is 7.11 Å². The van der Waals surface area contributed by atoms with Crippen LogP contribution in [-0.4, -0.2) is 27.0 Å². The molecule has 0 unspecified atom stereocenters. The lowest BCUT2D eigenvalue weighted by Crippen LogP contribution is -2.08.